The summed E-state index contributed by atoms with van der Waals surface area (Å²) in [5.41, 5.74) is 6.91. The molecule has 1 aromatic heterocycles. The average molecular weight is 389 g/mol. The van der Waals surface area contributed by atoms with Gasteiger partial charge in [0.05, 0.1) is 11.2 Å². The van der Waals surface area contributed by atoms with Crippen molar-refractivity contribution in [3.05, 3.63) is 103 Å². The van der Waals surface area contributed by atoms with Gasteiger partial charge in [0.2, 0.25) is 6.79 Å². The predicted octanol–water partition coefficient (Wildman–Crippen LogP) is 6.69. The molecule has 0 radical (unpaired) electrons. The Kier molecular flexibility index (Phi) is 3.85. The smallest absolute Gasteiger partial charge is 0.231 e. The van der Waals surface area contributed by atoms with Crippen molar-refractivity contribution in [2.24, 2.45) is 0 Å². The summed E-state index contributed by atoms with van der Waals surface area (Å²) in [5.74, 6) is 1.58. The Morgan fingerprint density at radius 1 is 0.600 bits per heavy atom. The molecule has 0 amide bonds. The Balaban J connectivity index is 1.81. The summed E-state index contributed by atoms with van der Waals surface area (Å²) >= 11 is 0. The highest BCUT2D eigenvalue weighted by Gasteiger charge is 2.25. The second kappa shape index (κ2) is 6.82. The highest BCUT2D eigenvalue weighted by atomic mass is 16.7. The molecule has 3 heteroatoms. The number of aromatic nitrogens is 1. The molecule has 5 aromatic rings. The third kappa shape index (κ3) is 2.60. The molecule has 0 N–H and O–H groups in total. The molecule has 30 heavy (non-hydrogen) atoms. The van der Waals surface area contributed by atoms with Gasteiger partial charge in [0.1, 0.15) is 0 Å². The number of hydrogen-bond donors (Lipinski definition) is 0. The lowest BCUT2D eigenvalue weighted by Crippen LogP contribution is -1.97. The lowest BCUT2D eigenvalue weighted by atomic mass is 9.98. The van der Waals surface area contributed by atoms with E-state index in [9.17, 15) is 0 Å². The van der Waals surface area contributed by atoms with Gasteiger partial charge in [-0.3, -0.25) is 0 Å². The van der Waals surface area contributed by atoms with Crippen LogP contribution in [0.4, 0.5) is 0 Å². The van der Waals surface area contributed by atoms with Gasteiger partial charge in [0, 0.05) is 22.7 Å². The van der Waals surface area contributed by atoms with Crippen LogP contribution in [0, 0.1) is 0 Å². The van der Waals surface area contributed by atoms with Crippen LogP contribution in [0.25, 0.3) is 39.0 Å². The summed E-state index contributed by atoms with van der Waals surface area (Å²) in [6.07, 6.45) is 0. The standard InChI is InChI=1S/C27H19NO2/c1-4-10-19(11-5-1)26-22-16-24-25(30-18-29-24)17-23(22)28(21-14-8-3-9-15-21)27(26)20-12-6-2-7-13-20/h1-17H,18H2. The summed E-state index contributed by atoms with van der Waals surface area (Å²) in [6.45, 7) is 0.263. The summed E-state index contributed by atoms with van der Waals surface area (Å²) in [6, 6.07) is 35.8. The van der Waals surface area contributed by atoms with Crippen LogP contribution in [0.5, 0.6) is 11.5 Å². The van der Waals surface area contributed by atoms with E-state index in [0.717, 1.165) is 33.8 Å². The fourth-order valence-corrected chi connectivity index (χ4v) is 4.29. The van der Waals surface area contributed by atoms with Crippen molar-refractivity contribution in [3.8, 4) is 39.6 Å². The molecule has 6 rings (SSSR count). The van der Waals surface area contributed by atoms with E-state index in [1.54, 1.807) is 0 Å². The molecule has 2 heterocycles. The van der Waals surface area contributed by atoms with Crippen LogP contribution in [0.1, 0.15) is 0 Å². The van der Waals surface area contributed by atoms with Crippen LogP contribution in [-0.4, -0.2) is 11.4 Å². The minimum Gasteiger partial charge on any atom is -0.454 e. The monoisotopic (exact) mass is 389 g/mol. The van der Waals surface area contributed by atoms with Gasteiger partial charge in [-0.25, -0.2) is 0 Å². The zero-order valence-corrected chi connectivity index (χ0v) is 16.3. The average Bonchev–Trinajstić information content (AvgIpc) is 3.41. The van der Waals surface area contributed by atoms with E-state index in [2.05, 4.69) is 102 Å². The van der Waals surface area contributed by atoms with Crippen LogP contribution in [-0.2, 0) is 0 Å². The fraction of sp³-hybridized carbons (Fsp3) is 0.0370. The van der Waals surface area contributed by atoms with Crippen molar-refractivity contribution < 1.29 is 9.47 Å². The van der Waals surface area contributed by atoms with Crippen molar-refractivity contribution in [2.75, 3.05) is 6.79 Å². The predicted molar refractivity (Wildman–Crippen MR) is 120 cm³/mol. The van der Waals surface area contributed by atoms with Crippen molar-refractivity contribution in [1.82, 2.24) is 4.57 Å². The van der Waals surface area contributed by atoms with Crippen LogP contribution < -0.4 is 9.47 Å². The maximum absolute atomic E-state index is 5.73. The summed E-state index contributed by atoms with van der Waals surface area (Å²) in [5, 5.41) is 1.15. The number of ether oxygens (including phenoxy) is 2. The maximum atomic E-state index is 5.73. The molecular weight excluding hydrogens is 370 g/mol. The van der Waals surface area contributed by atoms with E-state index < -0.39 is 0 Å². The lowest BCUT2D eigenvalue weighted by molar-refractivity contribution is 0.174. The minimum atomic E-state index is 0.263. The van der Waals surface area contributed by atoms with E-state index in [4.69, 9.17) is 9.47 Å². The van der Waals surface area contributed by atoms with Crippen molar-refractivity contribution >= 4 is 10.9 Å². The first-order chi connectivity index (χ1) is 14.9. The third-order valence-corrected chi connectivity index (χ3v) is 5.59. The molecule has 0 aliphatic carbocycles. The van der Waals surface area contributed by atoms with Gasteiger partial charge in [-0.2, -0.15) is 0 Å². The summed E-state index contributed by atoms with van der Waals surface area (Å²) < 4.78 is 13.8. The number of para-hydroxylation sites is 1. The van der Waals surface area contributed by atoms with E-state index in [1.165, 1.54) is 16.7 Å². The molecule has 1 aliphatic heterocycles. The van der Waals surface area contributed by atoms with Gasteiger partial charge >= 0.3 is 0 Å². The van der Waals surface area contributed by atoms with Crippen molar-refractivity contribution in [2.45, 2.75) is 0 Å². The van der Waals surface area contributed by atoms with Gasteiger partial charge in [0.15, 0.2) is 11.5 Å². The topological polar surface area (TPSA) is 23.4 Å². The normalized spacial score (nSPS) is 12.4. The molecule has 1 aliphatic rings. The highest BCUT2D eigenvalue weighted by Crippen LogP contribution is 2.47. The van der Waals surface area contributed by atoms with E-state index in [-0.39, 0.29) is 6.79 Å². The Morgan fingerprint density at radius 3 is 1.83 bits per heavy atom. The molecule has 0 saturated carbocycles. The van der Waals surface area contributed by atoms with Gasteiger partial charge < -0.3 is 14.0 Å². The Hall–Kier alpha value is -3.98. The van der Waals surface area contributed by atoms with Gasteiger partial charge in [0.25, 0.3) is 0 Å². The quantitative estimate of drug-likeness (QED) is 0.343. The molecular formula is C27H19NO2. The molecule has 0 bridgehead atoms. The lowest BCUT2D eigenvalue weighted by Gasteiger charge is -2.13. The summed E-state index contributed by atoms with van der Waals surface area (Å²) in [7, 11) is 0. The Morgan fingerprint density at radius 2 is 1.17 bits per heavy atom. The first-order valence-corrected chi connectivity index (χ1v) is 10.0. The molecule has 4 aromatic carbocycles. The molecule has 3 nitrogen and oxygen atoms in total. The first kappa shape index (κ1) is 16.9. The Labute approximate surface area is 174 Å². The van der Waals surface area contributed by atoms with Crippen LogP contribution in [0.3, 0.4) is 0 Å². The fourth-order valence-electron chi connectivity index (χ4n) is 4.29. The first-order valence-electron chi connectivity index (χ1n) is 10.0. The van der Waals surface area contributed by atoms with Gasteiger partial charge in [-0.1, -0.05) is 78.9 Å². The SMILES string of the molecule is c1ccc(-c2c(-c3ccccc3)n(-c3ccccc3)c3cc4c(cc23)OCO4)cc1. The van der Waals surface area contributed by atoms with Crippen LogP contribution in [0.15, 0.2) is 103 Å². The summed E-state index contributed by atoms with van der Waals surface area (Å²) in [4.78, 5) is 0. The molecule has 144 valence electrons. The number of nitrogens with zero attached hydrogens (tertiary/aromatic N) is 1. The Bertz CT molecular complexity index is 1260. The van der Waals surface area contributed by atoms with Crippen LogP contribution >= 0.6 is 0 Å². The van der Waals surface area contributed by atoms with Gasteiger partial charge in [-0.05, 0) is 29.3 Å². The second-order valence-corrected chi connectivity index (χ2v) is 7.35. The largest absolute Gasteiger partial charge is 0.454 e. The van der Waals surface area contributed by atoms with Crippen molar-refractivity contribution in [3.63, 3.8) is 0 Å². The molecule has 0 saturated heterocycles. The number of hydrogen-bond acceptors (Lipinski definition) is 2. The third-order valence-electron chi connectivity index (χ3n) is 5.59. The highest BCUT2D eigenvalue weighted by molar-refractivity contribution is 6.07. The van der Waals surface area contributed by atoms with Gasteiger partial charge in [-0.15, -0.1) is 0 Å². The van der Waals surface area contributed by atoms with E-state index in [0.29, 0.717) is 0 Å². The number of fused-ring (bicyclic) bond motifs is 2. The maximum Gasteiger partial charge on any atom is 0.231 e. The van der Waals surface area contributed by atoms with E-state index >= 15 is 0 Å². The second-order valence-electron chi connectivity index (χ2n) is 7.35. The molecule has 0 atom stereocenters. The molecule has 0 fully saturated rings. The molecule has 0 spiro atoms. The number of benzene rings is 4. The minimum absolute atomic E-state index is 0.263. The molecule has 0 unspecified atom stereocenters. The van der Waals surface area contributed by atoms with Crippen molar-refractivity contribution in [1.29, 1.82) is 0 Å². The van der Waals surface area contributed by atoms with Crippen LogP contribution in [0.2, 0.25) is 0 Å². The number of rotatable bonds is 3. The zero-order valence-electron chi connectivity index (χ0n) is 16.3. The van der Waals surface area contributed by atoms with E-state index in [1.807, 2.05) is 6.07 Å². The zero-order chi connectivity index (χ0) is 19.9.